The highest BCUT2D eigenvalue weighted by Gasteiger charge is 2.25. The summed E-state index contributed by atoms with van der Waals surface area (Å²) in [6, 6.07) is 11.8. The van der Waals surface area contributed by atoms with Gasteiger partial charge in [-0.15, -0.1) is 12.4 Å². The van der Waals surface area contributed by atoms with Gasteiger partial charge in [-0.1, -0.05) is 0 Å². The first-order valence-corrected chi connectivity index (χ1v) is 8.60. The van der Waals surface area contributed by atoms with Crippen LogP contribution in [0.5, 0.6) is 11.5 Å². The molecule has 0 unspecified atom stereocenters. The number of halogens is 1. The van der Waals surface area contributed by atoms with Gasteiger partial charge in [0.2, 0.25) is 0 Å². The lowest BCUT2D eigenvalue weighted by Gasteiger charge is -2.18. The number of nitrogens with zero attached hydrogens (tertiary/aromatic N) is 1. The molecule has 1 fully saturated rings. The number of amides is 3. The molecule has 0 aromatic heterocycles. The van der Waals surface area contributed by atoms with Gasteiger partial charge < -0.3 is 25.8 Å². The van der Waals surface area contributed by atoms with Crippen LogP contribution in [0.4, 0.5) is 16.2 Å². The standard InChI is InChI=1S/C19H22N4O4.ClH/c1-26-17-7-2-13(12-16(17)23-10-9-21-19(23)25)18(24)22-14-3-5-15(6-4-14)27-11-8-20;/h2-7,12H,8-11,20H2,1H3,(H,21,25)(H,22,24);1H. The molecule has 1 aliphatic heterocycles. The summed E-state index contributed by atoms with van der Waals surface area (Å²) < 4.78 is 10.7. The number of nitrogens with one attached hydrogen (secondary N) is 2. The normalized spacial score (nSPS) is 12.8. The second-order valence-corrected chi connectivity index (χ2v) is 5.89. The van der Waals surface area contributed by atoms with E-state index in [4.69, 9.17) is 15.2 Å². The van der Waals surface area contributed by atoms with Crippen molar-refractivity contribution in [3.05, 3.63) is 48.0 Å². The van der Waals surface area contributed by atoms with Gasteiger partial charge in [0.1, 0.15) is 18.1 Å². The van der Waals surface area contributed by atoms with Gasteiger partial charge >= 0.3 is 6.03 Å². The Kier molecular flexibility index (Phi) is 7.48. The zero-order valence-corrected chi connectivity index (χ0v) is 16.3. The molecule has 1 heterocycles. The highest BCUT2D eigenvalue weighted by molar-refractivity contribution is 6.06. The van der Waals surface area contributed by atoms with Gasteiger partial charge in [-0.2, -0.15) is 0 Å². The van der Waals surface area contributed by atoms with Crippen LogP contribution in [-0.2, 0) is 0 Å². The summed E-state index contributed by atoms with van der Waals surface area (Å²) in [4.78, 5) is 26.1. The number of nitrogens with two attached hydrogens (primary N) is 1. The van der Waals surface area contributed by atoms with E-state index in [0.29, 0.717) is 54.7 Å². The van der Waals surface area contributed by atoms with Crippen molar-refractivity contribution in [3.8, 4) is 11.5 Å². The molecule has 1 aliphatic rings. The Morgan fingerprint density at radius 2 is 2.00 bits per heavy atom. The van der Waals surface area contributed by atoms with Gasteiger partial charge in [-0.05, 0) is 42.5 Å². The Labute approximate surface area is 169 Å². The van der Waals surface area contributed by atoms with E-state index in [2.05, 4.69) is 10.6 Å². The van der Waals surface area contributed by atoms with E-state index in [1.165, 1.54) is 7.11 Å². The van der Waals surface area contributed by atoms with Crippen LogP contribution in [0.15, 0.2) is 42.5 Å². The van der Waals surface area contributed by atoms with Crippen LogP contribution in [-0.4, -0.2) is 45.3 Å². The molecule has 3 rings (SSSR count). The molecule has 0 atom stereocenters. The predicted molar refractivity (Wildman–Crippen MR) is 110 cm³/mol. The molecule has 28 heavy (non-hydrogen) atoms. The van der Waals surface area contributed by atoms with E-state index in [9.17, 15) is 9.59 Å². The summed E-state index contributed by atoms with van der Waals surface area (Å²) in [5.41, 5.74) is 7.03. The smallest absolute Gasteiger partial charge is 0.322 e. The van der Waals surface area contributed by atoms with Gasteiger partial charge in [0.05, 0.1) is 12.8 Å². The Morgan fingerprint density at radius 3 is 2.61 bits per heavy atom. The Bertz CT molecular complexity index is 829. The van der Waals surface area contributed by atoms with Crippen LogP contribution in [0.1, 0.15) is 10.4 Å². The maximum atomic E-state index is 12.6. The minimum atomic E-state index is -0.283. The monoisotopic (exact) mass is 406 g/mol. The molecule has 0 aliphatic carbocycles. The first-order valence-electron chi connectivity index (χ1n) is 8.60. The average molecular weight is 407 g/mol. The van der Waals surface area contributed by atoms with Crippen molar-refractivity contribution in [3.63, 3.8) is 0 Å². The fraction of sp³-hybridized carbons (Fsp3) is 0.263. The third-order valence-corrected chi connectivity index (χ3v) is 4.09. The number of ether oxygens (including phenoxy) is 2. The average Bonchev–Trinajstić information content (AvgIpc) is 3.12. The molecule has 2 aromatic carbocycles. The van der Waals surface area contributed by atoms with Crippen LogP contribution < -0.4 is 30.7 Å². The summed E-state index contributed by atoms with van der Waals surface area (Å²) in [6.45, 7) is 1.94. The Hall–Kier alpha value is -2.97. The SMILES string of the molecule is COc1ccc(C(=O)Nc2ccc(OCCN)cc2)cc1N1CCNC1=O.Cl. The van der Waals surface area contributed by atoms with E-state index >= 15 is 0 Å². The molecule has 0 radical (unpaired) electrons. The number of carbonyl (C=O) groups is 2. The quantitative estimate of drug-likeness (QED) is 0.653. The maximum absolute atomic E-state index is 12.6. The van der Waals surface area contributed by atoms with Crippen LogP contribution in [0.25, 0.3) is 0 Å². The largest absolute Gasteiger partial charge is 0.495 e. The number of hydrogen-bond acceptors (Lipinski definition) is 5. The van der Waals surface area contributed by atoms with Crippen molar-refractivity contribution in [1.82, 2.24) is 5.32 Å². The number of methoxy groups -OCH3 is 1. The van der Waals surface area contributed by atoms with Gasteiger partial charge in [-0.3, -0.25) is 9.69 Å². The molecule has 3 amide bonds. The summed E-state index contributed by atoms with van der Waals surface area (Å²) in [7, 11) is 1.53. The van der Waals surface area contributed by atoms with Crippen LogP contribution in [0, 0.1) is 0 Å². The summed E-state index contributed by atoms with van der Waals surface area (Å²) in [5, 5.41) is 5.57. The molecule has 0 spiro atoms. The maximum Gasteiger partial charge on any atom is 0.322 e. The van der Waals surface area contributed by atoms with Crippen molar-refractivity contribution in [2.24, 2.45) is 5.73 Å². The zero-order chi connectivity index (χ0) is 19.2. The lowest BCUT2D eigenvalue weighted by molar-refractivity contribution is 0.102. The van der Waals surface area contributed by atoms with Crippen molar-refractivity contribution in [2.45, 2.75) is 0 Å². The number of anilines is 2. The Balaban J connectivity index is 0.00000280. The first kappa shape index (κ1) is 21.3. The van der Waals surface area contributed by atoms with Gasteiger partial charge in [0.15, 0.2) is 0 Å². The molecule has 2 aromatic rings. The molecule has 9 heteroatoms. The van der Waals surface area contributed by atoms with Gasteiger partial charge in [0.25, 0.3) is 5.91 Å². The first-order chi connectivity index (χ1) is 13.1. The fourth-order valence-corrected chi connectivity index (χ4v) is 2.76. The second kappa shape index (κ2) is 9.82. The fourth-order valence-electron chi connectivity index (χ4n) is 2.76. The number of rotatable bonds is 7. The van der Waals surface area contributed by atoms with E-state index in [0.717, 1.165) is 0 Å². The van der Waals surface area contributed by atoms with Gasteiger partial charge in [-0.25, -0.2) is 4.79 Å². The predicted octanol–water partition coefficient (Wildman–Crippen LogP) is 2.24. The van der Waals surface area contributed by atoms with Crippen molar-refractivity contribution in [1.29, 1.82) is 0 Å². The molecular weight excluding hydrogens is 384 g/mol. The molecule has 150 valence electrons. The minimum absolute atomic E-state index is 0. The number of hydrogen-bond donors (Lipinski definition) is 3. The highest BCUT2D eigenvalue weighted by Crippen LogP contribution is 2.30. The summed E-state index contributed by atoms with van der Waals surface area (Å²) in [6.07, 6.45) is 0. The van der Waals surface area contributed by atoms with Crippen LogP contribution in [0.2, 0.25) is 0 Å². The lowest BCUT2D eigenvalue weighted by atomic mass is 10.1. The number of benzene rings is 2. The summed E-state index contributed by atoms with van der Waals surface area (Å²) in [5.74, 6) is 0.935. The highest BCUT2D eigenvalue weighted by atomic mass is 35.5. The van der Waals surface area contributed by atoms with Crippen molar-refractivity contribution >= 4 is 35.7 Å². The van der Waals surface area contributed by atoms with Crippen molar-refractivity contribution < 1.29 is 19.1 Å². The van der Waals surface area contributed by atoms with E-state index in [-0.39, 0.29) is 24.3 Å². The number of urea groups is 1. The third-order valence-electron chi connectivity index (χ3n) is 4.09. The molecule has 1 saturated heterocycles. The Morgan fingerprint density at radius 1 is 1.25 bits per heavy atom. The molecule has 0 saturated carbocycles. The van der Waals surface area contributed by atoms with E-state index in [1.54, 1.807) is 47.4 Å². The minimum Gasteiger partial charge on any atom is -0.495 e. The molecule has 0 bridgehead atoms. The third kappa shape index (κ3) is 4.85. The summed E-state index contributed by atoms with van der Waals surface area (Å²) >= 11 is 0. The van der Waals surface area contributed by atoms with E-state index < -0.39 is 0 Å². The van der Waals surface area contributed by atoms with E-state index in [1.807, 2.05) is 0 Å². The molecular formula is C19H23ClN4O4. The van der Waals surface area contributed by atoms with Crippen LogP contribution in [0.3, 0.4) is 0 Å². The zero-order valence-electron chi connectivity index (χ0n) is 15.4. The number of carbonyl (C=O) groups excluding carboxylic acids is 2. The molecule has 4 N–H and O–H groups in total. The topological polar surface area (TPSA) is 106 Å². The second-order valence-electron chi connectivity index (χ2n) is 5.89. The molecule has 8 nitrogen and oxygen atoms in total. The van der Waals surface area contributed by atoms with Crippen LogP contribution >= 0.6 is 12.4 Å². The van der Waals surface area contributed by atoms with Gasteiger partial charge in [0, 0.05) is 30.9 Å². The van der Waals surface area contributed by atoms with Crippen molar-refractivity contribution in [2.75, 3.05) is 43.6 Å². The lowest BCUT2D eigenvalue weighted by Crippen LogP contribution is -2.28.